The first-order valence-corrected chi connectivity index (χ1v) is 7.96. The van der Waals surface area contributed by atoms with Crippen molar-refractivity contribution in [3.8, 4) is 11.4 Å². The zero-order valence-corrected chi connectivity index (χ0v) is 13.6. The zero-order chi connectivity index (χ0) is 17.4. The van der Waals surface area contributed by atoms with Crippen molar-refractivity contribution in [2.24, 2.45) is 0 Å². The number of amides is 1. The quantitative estimate of drug-likeness (QED) is 0.759. The smallest absolute Gasteiger partial charge is 0.264 e. The Hall–Kier alpha value is -3.29. The number of hydrogen-bond acceptors (Lipinski definition) is 5. The highest BCUT2D eigenvalue weighted by molar-refractivity contribution is 5.93. The average Bonchev–Trinajstić information content (AvgIpc) is 3.06. The molecule has 1 atom stereocenters. The maximum atomic E-state index is 12.7. The third-order valence-corrected chi connectivity index (χ3v) is 4.26. The van der Waals surface area contributed by atoms with Gasteiger partial charge in [-0.15, -0.1) is 10.2 Å². The van der Waals surface area contributed by atoms with E-state index in [1.54, 1.807) is 4.90 Å². The molecular formula is C17H16N6O2. The lowest BCUT2D eigenvalue weighted by Gasteiger charge is -2.32. The Kier molecular flexibility index (Phi) is 3.64. The van der Waals surface area contributed by atoms with Crippen LogP contribution in [0.3, 0.4) is 0 Å². The fourth-order valence-electron chi connectivity index (χ4n) is 3.14. The molecule has 4 rings (SSSR count). The second kappa shape index (κ2) is 5.97. The van der Waals surface area contributed by atoms with Gasteiger partial charge < -0.3 is 9.47 Å². The molecule has 3 heterocycles. The first-order chi connectivity index (χ1) is 12.1. The van der Waals surface area contributed by atoms with Crippen LogP contribution in [-0.4, -0.2) is 42.3 Å². The minimum Gasteiger partial charge on any atom is -0.329 e. The van der Waals surface area contributed by atoms with E-state index in [0.29, 0.717) is 13.1 Å². The van der Waals surface area contributed by atoms with Crippen LogP contribution in [0.1, 0.15) is 29.1 Å². The fraction of sp³-hybridized carbons (Fsp3) is 0.235. The van der Waals surface area contributed by atoms with Crippen LogP contribution in [0.5, 0.6) is 0 Å². The van der Waals surface area contributed by atoms with Crippen LogP contribution in [-0.2, 0) is 6.54 Å². The van der Waals surface area contributed by atoms with Crippen molar-refractivity contribution in [1.82, 2.24) is 29.9 Å². The topological polar surface area (TPSA) is 96.8 Å². The van der Waals surface area contributed by atoms with Gasteiger partial charge in [-0.05, 0) is 6.92 Å². The van der Waals surface area contributed by atoms with Crippen LogP contribution >= 0.6 is 0 Å². The van der Waals surface area contributed by atoms with Crippen LogP contribution in [0.15, 0.2) is 47.4 Å². The maximum absolute atomic E-state index is 12.7. The second-order valence-electron chi connectivity index (χ2n) is 6.04. The van der Waals surface area contributed by atoms with Crippen molar-refractivity contribution < 1.29 is 4.79 Å². The van der Waals surface area contributed by atoms with E-state index in [4.69, 9.17) is 0 Å². The van der Waals surface area contributed by atoms with Gasteiger partial charge in [-0.3, -0.25) is 9.59 Å². The maximum Gasteiger partial charge on any atom is 0.264 e. The molecule has 0 fully saturated rings. The molecule has 0 radical (unpaired) electrons. The first-order valence-electron chi connectivity index (χ1n) is 7.96. The summed E-state index contributed by atoms with van der Waals surface area (Å²) in [4.78, 5) is 25.7. The fourth-order valence-corrected chi connectivity index (χ4v) is 3.14. The van der Waals surface area contributed by atoms with Gasteiger partial charge in [0.25, 0.3) is 11.5 Å². The van der Waals surface area contributed by atoms with Crippen LogP contribution < -0.4 is 5.56 Å². The van der Waals surface area contributed by atoms with Gasteiger partial charge in [-0.1, -0.05) is 30.3 Å². The molecule has 0 saturated heterocycles. The molecule has 0 bridgehead atoms. The number of aromatic nitrogens is 5. The van der Waals surface area contributed by atoms with E-state index in [2.05, 4.69) is 25.0 Å². The van der Waals surface area contributed by atoms with Crippen molar-refractivity contribution in [3.05, 3.63) is 64.3 Å². The van der Waals surface area contributed by atoms with Crippen molar-refractivity contribution in [3.63, 3.8) is 0 Å². The van der Waals surface area contributed by atoms with E-state index >= 15 is 0 Å². The van der Waals surface area contributed by atoms with Gasteiger partial charge in [0.15, 0.2) is 11.6 Å². The third kappa shape index (κ3) is 2.71. The summed E-state index contributed by atoms with van der Waals surface area (Å²) in [6.45, 7) is 2.88. The molecule has 25 heavy (non-hydrogen) atoms. The molecule has 0 aliphatic carbocycles. The Bertz CT molecular complexity index is 978. The number of rotatable bonds is 2. The number of nitrogens with one attached hydrogen (secondary N) is 1. The highest BCUT2D eigenvalue weighted by Gasteiger charge is 2.30. The molecule has 3 aromatic rings. The molecule has 1 aliphatic heterocycles. The predicted molar refractivity (Wildman–Crippen MR) is 89.8 cm³/mol. The van der Waals surface area contributed by atoms with E-state index in [-0.39, 0.29) is 17.5 Å². The van der Waals surface area contributed by atoms with Crippen LogP contribution in [0, 0.1) is 0 Å². The number of benzene rings is 1. The van der Waals surface area contributed by atoms with E-state index in [1.807, 2.05) is 37.3 Å². The van der Waals surface area contributed by atoms with E-state index in [9.17, 15) is 9.59 Å². The van der Waals surface area contributed by atoms with Crippen molar-refractivity contribution in [2.45, 2.75) is 19.5 Å². The number of hydrogen-bond donors (Lipinski definition) is 1. The average molecular weight is 336 g/mol. The lowest BCUT2D eigenvalue weighted by atomic mass is 10.1. The number of fused-ring (bicyclic) bond motifs is 1. The lowest BCUT2D eigenvalue weighted by molar-refractivity contribution is 0.0681. The number of nitrogens with zero attached hydrogens (tertiary/aromatic N) is 5. The molecule has 1 N–H and O–H groups in total. The normalized spacial score (nSPS) is 16.5. The van der Waals surface area contributed by atoms with Crippen LogP contribution in [0.25, 0.3) is 11.4 Å². The van der Waals surface area contributed by atoms with Gasteiger partial charge in [-0.2, -0.15) is 5.10 Å². The SMILES string of the molecule is C[C@H]1CN(C(=O)c2cn[nH]c(=O)c2)Cc2nnc(-c3ccccc3)n21. The molecule has 8 heteroatoms. The Morgan fingerprint density at radius 3 is 2.80 bits per heavy atom. The summed E-state index contributed by atoms with van der Waals surface area (Å²) < 4.78 is 2.06. The molecule has 126 valence electrons. The summed E-state index contributed by atoms with van der Waals surface area (Å²) in [7, 11) is 0. The Morgan fingerprint density at radius 2 is 2.04 bits per heavy atom. The number of H-pyrrole nitrogens is 1. The molecule has 0 spiro atoms. The molecule has 0 unspecified atom stereocenters. The highest BCUT2D eigenvalue weighted by atomic mass is 16.2. The van der Waals surface area contributed by atoms with Crippen LogP contribution in [0.4, 0.5) is 0 Å². The van der Waals surface area contributed by atoms with Crippen molar-refractivity contribution in [2.75, 3.05) is 6.54 Å². The number of carbonyl (C=O) groups is 1. The molecule has 1 amide bonds. The first kappa shape index (κ1) is 15.3. The Labute approximate surface area is 143 Å². The third-order valence-electron chi connectivity index (χ3n) is 4.26. The Balaban J connectivity index is 1.66. The minimum atomic E-state index is -0.398. The van der Waals surface area contributed by atoms with Crippen LogP contribution in [0.2, 0.25) is 0 Å². The van der Waals surface area contributed by atoms with Crippen molar-refractivity contribution >= 4 is 5.91 Å². The molecular weight excluding hydrogens is 320 g/mol. The van der Waals surface area contributed by atoms with Gasteiger partial charge in [0.1, 0.15) is 0 Å². The monoisotopic (exact) mass is 336 g/mol. The van der Waals surface area contributed by atoms with E-state index in [0.717, 1.165) is 17.2 Å². The summed E-state index contributed by atoms with van der Waals surface area (Å²) in [5.41, 5.74) is 0.865. The Morgan fingerprint density at radius 1 is 1.24 bits per heavy atom. The summed E-state index contributed by atoms with van der Waals surface area (Å²) in [5.74, 6) is 1.29. The number of aromatic amines is 1. The van der Waals surface area contributed by atoms with E-state index < -0.39 is 5.56 Å². The predicted octanol–water partition coefficient (Wildman–Crippen LogP) is 1.25. The molecule has 2 aromatic heterocycles. The molecule has 0 saturated carbocycles. The van der Waals surface area contributed by atoms with Gasteiger partial charge >= 0.3 is 0 Å². The summed E-state index contributed by atoms with van der Waals surface area (Å²) in [6, 6.07) is 11.1. The second-order valence-corrected chi connectivity index (χ2v) is 6.04. The van der Waals surface area contributed by atoms with Crippen molar-refractivity contribution in [1.29, 1.82) is 0 Å². The lowest BCUT2D eigenvalue weighted by Crippen LogP contribution is -2.40. The largest absolute Gasteiger partial charge is 0.329 e. The summed E-state index contributed by atoms with van der Waals surface area (Å²) in [6.07, 6.45) is 1.36. The van der Waals surface area contributed by atoms with Gasteiger partial charge in [0, 0.05) is 18.2 Å². The molecule has 1 aliphatic rings. The van der Waals surface area contributed by atoms with Gasteiger partial charge in [0.2, 0.25) is 0 Å². The standard InChI is InChI=1S/C17H16N6O2/c1-11-9-22(17(25)13-7-15(24)20-18-8-13)10-14-19-21-16(23(11)14)12-5-3-2-4-6-12/h2-8,11H,9-10H2,1H3,(H,20,24)/t11-/m0/s1. The van der Waals surface area contributed by atoms with Gasteiger partial charge in [-0.25, -0.2) is 5.10 Å². The summed E-state index contributed by atoms with van der Waals surface area (Å²) in [5, 5.41) is 14.5. The van der Waals surface area contributed by atoms with E-state index in [1.165, 1.54) is 12.3 Å². The zero-order valence-electron chi connectivity index (χ0n) is 13.6. The minimum absolute atomic E-state index is 0.0212. The molecule has 1 aromatic carbocycles. The van der Waals surface area contributed by atoms with Gasteiger partial charge in [0.05, 0.1) is 24.3 Å². The molecule has 8 nitrogen and oxygen atoms in total. The number of carbonyl (C=O) groups excluding carboxylic acids is 1. The summed E-state index contributed by atoms with van der Waals surface area (Å²) >= 11 is 0. The highest BCUT2D eigenvalue weighted by Crippen LogP contribution is 2.27.